The maximum atomic E-state index is 12.7. The average molecular weight is 590 g/mol. The third-order valence-corrected chi connectivity index (χ3v) is 8.43. The van der Waals surface area contributed by atoms with Crippen LogP contribution in [0.2, 0.25) is 0 Å². The van der Waals surface area contributed by atoms with Crippen molar-refractivity contribution >= 4 is 44.4 Å². The molecule has 3 aromatic heterocycles. The molecule has 2 fully saturated rings. The number of carbonyl (C=O) groups is 1. The number of hydrogen-bond acceptors (Lipinski definition) is 7. The minimum absolute atomic E-state index is 0.0449. The quantitative estimate of drug-likeness (QED) is 0.339. The second-order valence-corrected chi connectivity index (χ2v) is 11.0. The molecule has 202 valence electrons. The van der Waals surface area contributed by atoms with Gasteiger partial charge in [-0.25, -0.2) is 9.97 Å². The summed E-state index contributed by atoms with van der Waals surface area (Å²) in [5, 5.41) is 3.74. The molecule has 1 aromatic carbocycles. The first-order chi connectivity index (χ1) is 19.1. The predicted molar refractivity (Wildman–Crippen MR) is 158 cm³/mol. The molecule has 2 N–H and O–H groups in total. The zero-order valence-electron chi connectivity index (χ0n) is 22.1. The number of carbonyl (C=O) groups excluding carboxylic acids is 1. The number of H-pyrrole nitrogens is 1. The van der Waals surface area contributed by atoms with Gasteiger partial charge in [0.15, 0.2) is 5.65 Å². The monoisotopic (exact) mass is 588 g/mol. The number of aromatic nitrogens is 4. The van der Waals surface area contributed by atoms with Crippen LogP contribution in [0.1, 0.15) is 30.1 Å². The van der Waals surface area contributed by atoms with Gasteiger partial charge in [-0.3, -0.25) is 9.78 Å². The summed E-state index contributed by atoms with van der Waals surface area (Å²) in [5.74, 6) is 0.849. The number of hydrogen-bond donors (Lipinski definition) is 2. The van der Waals surface area contributed by atoms with E-state index in [0.29, 0.717) is 24.7 Å². The van der Waals surface area contributed by atoms with Crippen LogP contribution in [-0.2, 0) is 0 Å². The fourth-order valence-corrected chi connectivity index (χ4v) is 5.88. The van der Waals surface area contributed by atoms with E-state index in [1.807, 2.05) is 17.2 Å². The molecule has 0 radical (unpaired) electrons. The van der Waals surface area contributed by atoms with Gasteiger partial charge in [-0.05, 0) is 71.7 Å². The Morgan fingerprint density at radius 1 is 1.05 bits per heavy atom. The molecule has 4 aromatic rings. The first-order valence-electron chi connectivity index (χ1n) is 13.7. The van der Waals surface area contributed by atoms with Crippen LogP contribution in [0, 0.1) is 0 Å². The third kappa shape index (κ3) is 5.49. The second kappa shape index (κ2) is 11.3. The number of aromatic amines is 1. The number of pyridine rings is 2. The summed E-state index contributed by atoms with van der Waals surface area (Å²) in [4.78, 5) is 36.5. The van der Waals surface area contributed by atoms with Gasteiger partial charge in [-0.2, -0.15) is 0 Å². The number of amides is 1. The van der Waals surface area contributed by atoms with E-state index in [2.05, 4.69) is 77.2 Å². The van der Waals surface area contributed by atoms with Crippen molar-refractivity contribution in [1.29, 1.82) is 0 Å². The highest BCUT2D eigenvalue weighted by molar-refractivity contribution is 9.10. The highest BCUT2D eigenvalue weighted by Crippen LogP contribution is 2.33. The molecule has 0 atom stereocenters. The number of piperazine rings is 1. The predicted octanol–water partition coefficient (Wildman–Crippen LogP) is 4.64. The standard InChI is InChI=1S/C29H33BrN8O/c1-2-36-12-9-22(10-13-36)33-25-24(30)19-32-28-26(25)34-27(35-28)20-5-7-23(8-6-20)37-14-16-38(17-15-37)29(39)21-4-3-11-31-18-21/h3-8,11,18-19,22H,2,9-10,12-17H2,1H3,(H2,32,33,34,35). The number of nitrogens with zero attached hydrogens (tertiary/aromatic N) is 6. The molecule has 1 amide bonds. The van der Waals surface area contributed by atoms with Gasteiger partial charge < -0.3 is 25.0 Å². The number of anilines is 2. The Labute approximate surface area is 236 Å². The Morgan fingerprint density at radius 2 is 1.82 bits per heavy atom. The lowest BCUT2D eigenvalue weighted by atomic mass is 10.0. The summed E-state index contributed by atoms with van der Waals surface area (Å²) in [6.07, 6.45) is 7.40. The van der Waals surface area contributed by atoms with Gasteiger partial charge in [-0.1, -0.05) is 6.92 Å². The summed E-state index contributed by atoms with van der Waals surface area (Å²) in [5.41, 5.74) is 5.44. The van der Waals surface area contributed by atoms with Gasteiger partial charge in [0.1, 0.15) is 11.3 Å². The Morgan fingerprint density at radius 3 is 2.51 bits per heavy atom. The molecule has 0 unspecified atom stereocenters. The molecule has 6 rings (SSSR count). The highest BCUT2D eigenvalue weighted by atomic mass is 79.9. The molecule has 0 saturated carbocycles. The van der Waals surface area contributed by atoms with Crippen molar-refractivity contribution in [2.24, 2.45) is 0 Å². The number of benzene rings is 1. The average Bonchev–Trinajstić information content (AvgIpc) is 3.44. The molecular formula is C29H33BrN8O. The summed E-state index contributed by atoms with van der Waals surface area (Å²) >= 11 is 3.69. The van der Waals surface area contributed by atoms with Crippen molar-refractivity contribution in [3.05, 3.63) is 65.0 Å². The Hall–Kier alpha value is -3.50. The Bertz CT molecular complexity index is 1430. The van der Waals surface area contributed by atoms with Gasteiger partial charge in [-0.15, -0.1) is 0 Å². The van der Waals surface area contributed by atoms with Crippen molar-refractivity contribution in [2.45, 2.75) is 25.8 Å². The summed E-state index contributed by atoms with van der Waals surface area (Å²) in [7, 11) is 0. The molecule has 0 spiro atoms. The lowest BCUT2D eigenvalue weighted by Crippen LogP contribution is -2.48. The maximum Gasteiger partial charge on any atom is 0.255 e. The molecule has 2 saturated heterocycles. The van der Waals surface area contributed by atoms with E-state index in [4.69, 9.17) is 4.98 Å². The fourth-order valence-electron chi connectivity index (χ4n) is 5.47. The molecule has 10 heteroatoms. The molecule has 0 aliphatic carbocycles. The van der Waals surface area contributed by atoms with Crippen LogP contribution in [-0.4, -0.2) is 87.5 Å². The van der Waals surface area contributed by atoms with Gasteiger partial charge in [0.05, 0.1) is 15.7 Å². The molecule has 2 aliphatic heterocycles. The number of likely N-dealkylation sites (tertiary alicyclic amines) is 1. The van der Waals surface area contributed by atoms with Crippen LogP contribution >= 0.6 is 15.9 Å². The smallest absolute Gasteiger partial charge is 0.255 e. The van der Waals surface area contributed by atoms with Crippen LogP contribution in [0.3, 0.4) is 0 Å². The molecule has 2 aliphatic rings. The number of rotatable bonds is 6. The molecule has 5 heterocycles. The topological polar surface area (TPSA) is 93.3 Å². The van der Waals surface area contributed by atoms with Crippen molar-refractivity contribution in [2.75, 3.05) is 56.0 Å². The minimum atomic E-state index is 0.0449. The first-order valence-corrected chi connectivity index (χ1v) is 14.5. The summed E-state index contributed by atoms with van der Waals surface area (Å²) in [6.45, 7) is 8.53. The van der Waals surface area contributed by atoms with Gasteiger partial charge in [0.2, 0.25) is 0 Å². The normalized spacial score (nSPS) is 17.1. The third-order valence-electron chi connectivity index (χ3n) is 7.83. The number of halogens is 1. The minimum Gasteiger partial charge on any atom is -0.379 e. The Balaban J connectivity index is 1.13. The molecule has 39 heavy (non-hydrogen) atoms. The van der Waals surface area contributed by atoms with E-state index >= 15 is 0 Å². The van der Waals surface area contributed by atoms with Crippen molar-refractivity contribution < 1.29 is 4.79 Å². The SMILES string of the molecule is CCN1CCC(Nc2c(Br)cnc3[nH]c(-c4ccc(N5CCN(C(=O)c6cccnc6)CC5)cc4)nc23)CC1. The lowest BCUT2D eigenvalue weighted by Gasteiger charge is -2.36. The van der Waals surface area contributed by atoms with Crippen LogP contribution in [0.5, 0.6) is 0 Å². The Kier molecular flexibility index (Phi) is 7.47. The zero-order valence-corrected chi connectivity index (χ0v) is 23.7. The van der Waals surface area contributed by atoms with Gasteiger partial charge in [0, 0.05) is 75.2 Å². The van der Waals surface area contributed by atoms with E-state index in [-0.39, 0.29) is 5.91 Å². The fraction of sp³-hybridized carbons (Fsp3) is 0.379. The van der Waals surface area contributed by atoms with Crippen LogP contribution in [0.25, 0.3) is 22.6 Å². The van der Waals surface area contributed by atoms with Crippen molar-refractivity contribution in [1.82, 2.24) is 29.7 Å². The van der Waals surface area contributed by atoms with E-state index in [1.54, 1.807) is 18.5 Å². The number of piperidine rings is 1. The molecule has 9 nitrogen and oxygen atoms in total. The van der Waals surface area contributed by atoms with Crippen molar-refractivity contribution in [3.8, 4) is 11.4 Å². The van der Waals surface area contributed by atoms with Crippen LogP contribution in [0.4, 0.5) is 11.4 Å². The molecular weight excluding hydrogens is 556 g/mol. The highest BCUT2D eigenvalue weighted by Gasteiger charge is 2.23. The van der Waals surface area contributed by atoms with Crippen LogP contribution in [0.15, 0.2) is 59.5 Å². The molecule has 0 bridgehead atoms. The zero-order chi connectivity index (χ0) is 26.8. The van der Waals surface area contributed by atoms with E-state index in [9.17, 15) is 4.79 Å². The maximum absolute atomic E-state index is 12.7. The number of imidazole rings is 1. The summed E-state index contributed by atoms with van der Waals surface area (Å²) < 4.78 is 0.933. The number of nitrogens with one attached hydrogen (secondary N) is 2. The van der Waals surface area contributed by atoms with Crippen LogP contribution < -0.4 is 10.2 Å². The van der Waals surface area contributed by atoms with E-state index in [0.717, 1.165) is 84.0 Å². The first kappa shape index (κ1) is 25.8. The van der Waals surface area contributed by atoms with Gasteiger partial charge >= 0.3 is 0 Å². The van der Waals surface area contributed by atoms with E-state index < -0.39 is 0 Å². The van der Waals surface area contributed by atoms with Gasteiger partial charge in [0.25, 0.3) is 5.91 Å². The largest absolute Gasteiger partial charge is 0.379 e. The lowest BCUT2D eigenvalue weighted by molar-refractivity contribution is 0.0746. The second-order valence-electron chi connectivity index (χ2n) is 10.2. The van der Waals surface area contributed by atoms with E-state index in [1.165, 1.54) is 0 Å². The van der Waals surface area contributed by atoms with Crippen molar-refractivity contribution in [3.63, 3.8) is 0 Å². The summed E-state index contributed by atoms with van der Waals surface area (Å²) in [6, 6.07) is 12.5. The number of fused-ring (bicyclic) bond motifs is 1.